The lowest BCUT2D eigenvalue weighted by atomic mass is 10.1. The highest BCUT2D eigenvalue weighted by Gasteiger charge is 2.27. The van der Waals surface area contributed by atoms with Gasteiger partial charge in [0.05, 0.1) is 6.61 Å². The van der Waals surface area contributed by atoms with Crippen molar-refractivity contribution in [1.82, 2.24) is 4.57 Å². The normalized spacial score (nSPS) is 22.8. The van der Waals surface area contributed by atoms with E-state index in [1.807, 2.05) is 6.20 Å². The van der Waals surface area contributed by atoms with Crippen molar-refractivity contribution < 1.29 is 4.18 Å². The van der Waals surface area contributed by atoms with E-state index in [9.17, 15) is 0 Å². The van der Waals surface area contributed by atoms with Crippen LogP contribution < -0.4 is 0 Å². The van der Waals surface area contributed by atoms with Crippen LogP contribution in [0, 0.1) is 12.8 Å². The number of nitrogens with zero attached hydrogens (tertiary/aromatic N) is 2. The zero-order chi connectivity index (χ0) is 15.9. The lowest BCUT2D eigenvalue weighted by molar-refractivity contribution is 0.290. The van der Waals surface area contributed by atoms with Crippen LogP contribution in [0.15, 0.2) is 29.5 Å². The molecule has 122 valence electrons. The molecule has 0 amide bonds. The fraction of sp³-hybridized carbons (Fsp3) is 0.611. The van der Waals surface area contributed by atoms with Crippen molar-refractivity contribution in [1.29, 1.82) is 0 Å². The summed E-state index contributed by atoms with van der Waals surface area (Å²) in [5.74, 6) is 0.638. The average Bonchev–Trinajstić information content (AvgIpc) is 3.10. The van der Waals surface area contributed by atoms with E-state index < -0.39 is 0 Å². The summed E-state index contributed by atoms with van der Waals surface area (Å²) in [5, 5.41) is 0. The zero-order valence-corrected chi connectivity index (χ0v) is 14.9. The Morgan fingerprint density at radius 1 is 1.50 bits per heavy atom. The third-order valence-electron chi connectivity index (χ3n) is 4.61. The molecule has 2 rings (SSSR count). The highest BCUT2D eigenvalue weighted by Crippen LogP contribution is 2.36. The number of hydrogen-bond donors (Lipinski definition) is 1. The Hall–Kier alpha value is -1.00. The number of unbranched alkanes of at least 4 members (excludes halogenated alkanes) is 1. The van der Waals surface area contributed by atoms with Gasteiger partial charge in [-0.1, -0.05) is 19.4 Å². The summed E-state index contributed by atoms with van der Waals surface area (Å²) in [5.41, 5.74) is 3.68. The van der Waals surface area contributed by atoms with Crippen LogP contribution in [-0.2, 0) is 4.18 Å². The molecule has 4 heteroatoms. The monoisotopic (exact) mass is 320 g/mol. The summed E-state index contributed by atoms with van der Waals surface area (Å²) in [4.78, 5) is 4.57. The van der Waals surface area contributed by atoms with Crippen molar-refractivity contribution >= 4 is 18.6 Å². The van der Waals surface area contributed by atoms with Crippen LogP contribution >= 0.6 is 12.9 Å². The fourth-order valence-corrected chi connectivity index (χ4v) is 3.55. The van der Waals surface area contributed by atoms with Gasteiger partial charge in [0.2, 0.25) is 0 Å². The van der Waals surface area contributed by atoms with Crippen molar-refractivity contribution in [3.05, 3.63) is 35.8 Å². The number of aromatic nitrogens is 1. The van der Waals surface area contributed by atoms with Crippen LogP contribution in [0.3, 0.4) is 0 Å². The van der Waals surface area contributed by atoms with E-state index >= 15 is 0 Å². The van der Waals surface area contributed by atoms with Crippen LogP contribution in [0.4, 0.5) is 0 Å². The molecule has 2 unspecified atom stereocenters. The lowest BCUT2D eigenvalue weighted by Crippen LogP contribution is -2.09. The van der Waals surface area contributed by atoms with Gasteiger partial charge in [-0.05, 0) is 64.4 Å². The second kappa shape index (κ2) is 8.59. The van der Waals surface area contributed by atoms with E-state index in [-0.39, 0.29) is 0 Å². The first-order valence-corrected chi connectivity index (χ1v) is 8.67. The first-order chi connectivity index (χ1) is 10.7. The maximum atomic E-state index is 5.01. The van der Waals surface area contributed by atoms with E-state index in [1.54, 1.807) is 0 Å². The Morgan fingerprint density at radius 3 is 3.05 bits per heavy atom. The van der Waals surface area contributed by atoms with Crippen LogP contribution in [0.5, 0.6) is 0 Å². The molecule has 0 bridgehead atoms. The van der Waals surface area contributed by atoms with Gasteiger partial charge in [0.1, 0.15) is 0 Å². The molecular formula is C18H28N2OS. The molecule has 0 spiro atoms. The first kappa shape index (κ1) is 17.4. The first-order valence-electron chi connectivity index (χ1n) is 8.30. The van der Waals surface area contributed by atoms with Gasteiger partial charge >= 0.3 is 0 Å². The van der Waals surface area contributed by atoms with Gasteiger partial charge in [0.25, 0.3) is 0 Å². The number of aliphatic imine (C=N–C) groups is 1. The fourth-order valence-electron chi connectivity index (χ4n) is 3.34. The molecule has 1 aromatic heterocycles. The Kier molecular flexibility index (Phi) is 6.77. The van der Waals surface area contributed by atoms with Gasteiger partial charge in [0, 0.05) is 35.4 Å². The number of allylic oxidation sites excluding steroid dienone is 1. The van der Waals surface area contributed by atoms with Crippen LogP contribution in [0.1, 0.15) is 63.3 Å². The van der Waals surface area contributed by atoms with Crippen molar-refractivity contribution in [2.45, 2.75) is 58.9 Å². The molecule has 1 aromatic rings. The van der Waals surface area contributed by atoms with Gasteiger partial charge in [0.15, 0.2) is 0 Å². The van der Waals surface area contributed by atoms with Gasteiger partial charge in [-0.25, -0.2) is 0 Å². The SMILES string of the molecule is CCC/C=C/N=C(C)c1ccn(C2CCC(COS)C2)c1C. The largest absolute Gasteiger partial charge is 0.348 e. The molecule has 1 heterocycles. The molecule has 22 heavy (non-hydrogen) atoms. The second-order valence-corrected chi connectivity index (χ2v) is 6.50. The topological polar surface area (TPSA) is 26.5 Å². The molecule has 0 saturated heterocycles. The minimum Gasteiger partial charge on any atom is -0.348 e. The summed E-state index contributed by atoms with van der Waals surface area (Å²) < 4.78 is 7.43. The zero-order valence-electron chi connectivity index (χ0n) is 14.0. The van der Waals surface area contributed by atoms with E-state index in [0.717, 1.165) is 18.7 Å². The maximum absolute atomic E-state index is 5.01. The highest BCUT2D eigenvalue weighted by molar-refractivity contribution is 7.75. The summed E-state index contributed by atoms with van der Waals surface area (Å²) in [6.45, 7) is 7.23. The van der Waals surface area contributed by atoms with E-state index in [2.05, 4.69) is 61.6 Å². The molecule has 0 aliphatic heterocycles. The van der Waals surface area contributed by atoms with Gasteiger partial charge in [-0.15, -0.1) is 0 Å². The molecule has 3 nitrogen and oxygen atoms in total. The van der Waals surface area contributed by atoms with Gasteiger partial charge in [-0.3, -0.25) is 4.99 Å². The van der Waals surface area contributed by atoms with E-state index in [0.29, 0.717) is 12.0 Å². The van der Waals surface area contributed by atoms with Crippen molar-refractivity contribution in [2.24, 2.45) is 10.9 Å². The third kappa shape index (κ3) is 4.26. The molecule has 0 aromatic carbocycles. The summed E-state index contributed by atoms with van der Waals surface area (Å²) >= 11 is 3.88. The minimum atomic E-state index is 0.589. The summed E-state index contributed by atoms with van der Waals surface area (Å²) in [6, 6.07) is 2.79. The summed E-state index contributed by atoms with van der Waals surface area (Å²) in [7, 11) is 0. The van der Waals surface area contributed by atoms with E-state index in [1.165, 1.54) is 36.9 Å². The molecule has 1 fully saturated rings. The molecular weight excluding hydrogens is 292 g/mol. The summed E-state index contributed by atoms with van der Waals surface area (Å²) in [6.07, 6.45) is 12.2. The Morgan fingerprint density at radius 2 is 2.32 bits per heavy atom. The second-order valence-electron chi connectivity index (χ2n) is 6.24. The number of thiol groups is 1. The van der Waals surface area contributed by atoms with Crippen LogP contribution in [0.25, 0.3) is 0 Å². The minimum absolute atomic E-state index is 0.589. The van der Waals surface area contributed by atoms with Gasteiger partial charge < -0.3 is 8.75 Å². The lowest BCUT2D eigenvalue weighted by Gasteiger charge is -2.16. The average molecular weight is 321 g/mol. The highest BCUT2D eigenvalue weighted by atomic mass is 32.1. The van der Waals surface area contributed by atoms with Crippen molar-refractivity contribution in [2.75, 3.05) is 6.61 Å². The molecule has 1 aliphatic carbocycles. The Labute approximate surface area is 140 Å². The third-order valence-corrected chi connectivity index (χ3v) is 4.76. The predicted molar refractivity (Wildman–Crippen MR) is 96.7 cm³/mol. The smallest absolute Gasteiger partial charge is 0.0639 e. The van der Waals surface area contributed by atoms with E-state index in [4.69, 9.17) is 4.18 Å². The Bertz CT molecular complexity index is 533. The predicted octanol–water partition coefficient (Wildman–Crippen LogP) is 5.12. The maximum Gasteiger partial charge on any atom is 0.0639 e. The molecule has 1 saturated carbocycles. The molecule has 0 radical (unpaired) electrons. The molecule has 1 aliphatic rings. The quantitative estimate of drug-likeness (QED) is 0.421. The molecule has 0 N–H and O–H groups in total. The van der Waals surface area contributed by atoms with Crippen molar-refractivity contribution in [3.8, 4) is 0 Å². The van der Waals surface area contributed by atoms with Crippen LogP contribution in [0.2, 0.25) is 0 Å². The standard InChI is InChI=1S/C18H28N2OS/c1-4-5-6-10-19-14(2)18-9-11-20(15(18)3)17-8-7-16(12-17)13-21-22/h6,9-11,16-17,22H,4-5,7-8,12-13H2,1-3H3/b10-6+,19-14?. The van der Waals surface area contributed by atoms with Gasteiger partial charge in [-0.2, -0.15) is 0 Å². The van der Waals surface area contributed by atoms with Crippen LogP contribution in [-0.4, -0.2) is 16.9 Å². The number of rotatable bonds is 7. The molecule has 2 atom stereocenters. The Balaban J connectivity index is 2.06. The number of hydrogen-bond acceptors (Lipinski definition) is 3. The van der Waals surface area contributed by atoms with Crippen molar-refractivity contribution in [3.63, 3.8) is 0 Å².